The molecule has 160 valence electrons. The van der Waals surface area contributed by atoms with Crippen LogP contribution in [0.5, 0.6) is 5.75 Å². The van der Waals surface area contributed by atoms with Crippen LogP contribution in [0.2, 0.25) is 0 Å². The maximum Gasteiger partial charge on any atom is 0.339 e. The summed E-state index contributed by atoms with van der Waals surface area (Å²) < 4.78 is 11.2. The van der Waals surface area contributed by atoms with Crippen LogP contribution < -0.4 is 20.8 Å². The molecule has 7 nitrogen and oxygen atoms in total. The van der Waals surface area contributed by atoms with Crippen LogP contribution in [0.4, 0.5) is 0 Å². The molecule has 3 aromatic rings. The smallest absolute Gasteiger partial charge is 0.339 e. The van der Waals surface area contributed by atoms with Crippen molar-refractivity contribution in [2.45, 2.75) is 44.8 Å². The molecule has 31 heavy (non-hydrogen) atoms. The Hall–Kier alpha value is -3.61. The van der Waals surface area contributed by atoms with Crippen LogP contribution in [0, 0.1) is 0 Å². The molecule has 0 unspecified atom stereocenters. The molecule has 0 aliphatic heterocycles. The number of carbonyl (C=O) groups excluding carboxylic acids is 2. The Morgan fingerprint density at radius 2 is 1.77 bits per heavy atom. The first-order valence-electron chi connectivity index (χ1n) is 10.3. The Balaban J connectivity index is 1.52. The van der Waals surface area contributed by atoms with Crippen molar-refractivity contribution in [1.82, 2.24) is 5.32 Å². The number of fused-ring (bicyclic) bond motifs is 3. The van der Waals surface area contributed by atoms with Crippen molar-refractivity contribution in [3.8, 4) is 5.75 Å². The van der Waals surface area contributed by atoms with Crippen molar-refractivity contribution in [3.63, 3.8) is 0 Å². The monoisotopic (exact) mass is 420 g/mol. The van der Waals surface area contributed by atoms with E-state index in [9.17, 15) is 19.5 Å². The SMILES string of the molecule is C[C@@H](Oc1ccc2c3c(c(=O)oc2c1)CCCC3)C(=O)N[C@H](C(=O)[O-])c1ccccc1. The van der Waals surface area contributed by atoms with E-state index in [4.69, 9.17) is 9.15 Å². The Kier molecular flexibility index (Phi) is 5.75. The fourth-order valence-electron chi connectivity index (χ4n) is 3.94. The van der Waals surface area contributed by atoms with Crippen LogP contribution in [0.1, 0.15) is 42.5 Å². The molecule has 0 fully saturated rings. The molecule has 1 amide bonds. The predicted octanol–water partition coefficient (Wildman–Crippen LogP) is 2.05. The van der Waals surface area contributed by atoms with Gasteiger partial charge in [-0.2, -0.15) is 0 Å². The minimum atomic E-state index is -1.41. The molecule has 1 aromatic heterocycles. The zero-order chi connectivity index (χ0) is 22.0. The first-order valence-corrected chi connectivity index (χ1v) is 10.3. The molecule has 1 heterocycles. The molecule has 1 aliphatic carbocycles. The van der Waals surface area contributed by atoms with E-state index in [1.165, 1.54) is 6.92 Å². The maximum atomic E-state index is 12.5. The Bertz CT molecular complexity index is 1180. The Morgan fingerprint density at radius 1 is 1.06 bits per heavy atom. The second kappa shape index (κ2) is 8.63. The normalized spacial score (nSPS) is 15.0. The molecule has 7 heteroatoms. The number of carboxylic acid groups (broad SMARTS) is 1. The maximum absolute atomic E-state index is 12.5. The van der Waals surface area contributed by atoms with Crippen molar-refractivity contribution < 1.29 is 23.8 Å². The van der Waals surface area contributed by atoms with Gasteiger partial charge >= 0.3 is 5.63 Å². The Labute approximate surface area is 178 Å². The molecular weight excluding hydrogens is 398 g/mol. The van der Waals surface area contributed by atoms with Gasteiger partial charge < -0.3 is 24.4 Å². The molecule has 0 bridgehead atoms. The summed E-state index contributed by atoms with van der Waals surface area (Å²) >= 11 is 0. The van der Waals surface area contributed by atoms with Gasteiger partial charge in [0.1, 0.15) is 11.3 Å². The highest BCUT2D eigenvalue weighted by Crippen LogP contribution is 2.29. The minimum absolute atomic E-state index is 0.329. The molecule has 0 radical (unpaired) electrons. The average molecular weight is 420 g/mol. The lowest BCUT2D eigenvalue weighted by molar-refractivity contribution is -0.308. The van der Waals surface area contributed by atoms with Gasteiger partial charge in [0.25, 0.3) is 5.91 Å². The topological polar surface area (TPSA) is 109 Å². The third kappa shape index (κ3) is 4.30. The number of nitrogens with one attached hydrogen (secondary N) is 1. The molecule has 1 N–H and O–H groups in total. The average Bonchev–Trinajstić information content (AvgIpc) is 2.77. The number of aryl methyl sites for hydroxylation is 1. The van der Waals surface area contributed by atoms with Crippen LogP contribution >= 0.6 is 0 Å². The van der Waals surface area contributed by atoms with Crippen molar-refractivity contribution in [1.29, 1.82) is 0 Å². The molecule has 0 spiro atoms. The fraction of sp³-hybridized carbons (Fsp3) is 0.292. The lowest BCUT2D eigenvalue weighted by atomic mass is 9.91. The van der Waals surface area contributed by atoms with E-state index in [1.54, 1.807) is 42.5 Å². The zero-order valence-electron chi connectivity index (χ0n) is 17.1. The molecule has 0 saturated heterocycles. The predicted molar refractivity (Wildman–Crippen MR) is 112 cm³/mol. The highest BCUT2D eigenvalue weighted by molar-refractivity contribution is 5.87. The number of benzene rings is 2. The van der Waals surface area contributed by atoms with Gasteiger partial charge in [0.05, 0.1) is 12.0 Å². The highest BCUT2D eigenvalue weighted by atomic mass is 16.5. The summed E-state index contributed by atoms with van der Waals surface area (Å²) in [7, 11) is 0. The third-order valence-corrected chi connectivity index (χ3v) is 5.53. The van der Waals surface area contributed by atoms with E-state index in [0.717, 1.165) is 42.2 Å². The van der Waals surface area contributed by atoms with E-state index in [-0.39, 0.29) is 5.63 Å². The first-order chi connectivity index (χ1) is 14.9. The van der Waals surface area contributed by atoms with Gasteiger partial charge in [0.2, 0.25) is 0 Å². The highest BCUT2D eigenvalue weighted by Gasteiger charge is 2.22. The molecule has 1 aliphatic rings. The van der Waals surface area contributed by atoms with E-state index in [2.05, 4.69) is 5.32 Å². The van der Waals surface area contributed by atoms with Crippen molar-refractivity contribution >= 4 is 22.8 Å². The minimum Gasteiger partial charge on any atom is -0.548 e. The summed E-state index contributed by atoms with van der Waals surface area (Å²) in [5.41, 5.74) is 2.25. The standard InChI is InChI=1S/C24H23NO6/c1-14(22(26)25-21(23(27)28)15-7-3-2-4-8-15)30-16-11-12-18-17-9-5-6-10-19(17)24(29)31-20(18)13-16/h2-4,7-8,11-14,21H,5-6,9-10H2,1H3,(H,25,26)(H,27,28)/p-1/t14-,21+/m1/s1. The number of hydrogen-bond acceptors (Lipinski definition) is 6. The second-order valence-electron chi connectivity index (χ2n) is 7.64. The second-order valence-corrected chi connectivity index (χ2v) is 7.64. The van der Waals surface area contributed by atoms with Crippen LogP contribution in [0.3, 0.4) is 0 Å². The number of aliphatic carboxylic acids is 1. The van der Waals surface area contributed by atoms with E-state index in [0.29, 0.717) is 16.9 Å². The van der Waals surface area contributed by atoms with E-state index in [1.807, 2.05) is 6.07 Å². The van der Waals surface area contributed by atoms with Gasteiger partial charge in [-0.1, -0.05) is 30.3 Å². The largest absolute Gasteiger partial charge is 0.548 e. The molecule has 0 saturated carbocycles. The van der Waals surface area contributed by atoms with Gasteiger partial charge in [0, 0.05) is 17.0 Å². The van der Waals surface area contributed by atoms with Crippen LogP contribution in [0.25, 0.3) is 11.0 Å². The van der Waals surface area contributed by atoms with Gasteiger partial charge in [-0.3, -0.25) is 4.79 Å². The molecular formula is C24H22NO6-. The summed E-state index contributed by atoms with van der Waals surface area (Å²) in [4.78, 5) is 36.4. The molecule has 2 atom stereocenters. The van der Waals surface area contributed by atoms with Gasteiger partial charge in [-0.15, -0.1) is 0 Å². The summed E-state index contributed by atoms with van der Waals surface area (Å²) in [6.45, 7) is 1.51. The molecule has 4 rings (SSSR count). The summed E-state index contributed by atoms with van der Waals surface area (Å²) in [6.07, 6.45) is 2.59. The summed E-state index contributed by atoms with van der Waals surface area (Å²) in [5, 5.41) is 14.8. The van der Waals surface area contributed by atoms with Crippen LogP contribution in [-0.4, -0.2) is 18.0 Å². The summed E-state index contributed by atoms with van der Waals surface area (Å²) in [6, 6.07) is 12.1. The summed E-state index contributed by atoms with van der Waals surface area (Å²) in [5.74, 6) is -1.67. The lowest BCUT2D eigenvalue weighted by Crippen LogP contribution is -2.45. The van der Waals surface area contributed by atoms with Crippen molar-refractivity contribution in [3.05, 3.63) is 75.6 Å². The number of carboxylic acids is 1. The van der Waals surface area contributed by atoms with Crippen LogP contribution in [0.15, 0.2) is 57.7 Å². The van der Waals surface area contributed by atoms with Gasteiger partial charge in [0.15, 0.2) is 6.10 Å². The van der Waals surface area contributed by atoms with Gasteiger partial charge in [-0.25, -0.2) is 4.79 Å². The Morgan fingerprint density at radius 3 is 2.48 bits per heavy atom. The molecule has 2 aromatic carbocycles. The zero-order valence-corrected chi connectivity index (χ0v) is 17.1. The number of amides is 1. The van der Waals surface area contributed by atoms with E-state index >= 15 is 0 Å². The lowest BCUT2D eigenvalue weighted by Gasteiger charge is -2.23. The van der Waals surface area contributed by atoms with Gasteiger partial charge in [-0.05, 0) is 55.9 Å². The quantitative estimate of drug-likeness (QED) is 0.612. The number of hydrogen-bond donors (Lipinski definition) is 1. The number of rotatable bonds is 6. The third-order valence-electron chi connectivity index (χ3n) is 5.53. The fourth-order valence-corrected chi connectivity index (χ4v) is 3.94. The number of ether oxygens (including phenoxy) is 1. The first kappa shape index (κ1) is 20.7. The van der Waals surface area contributed by atoms with Crippen LogP contribution in [-0.2, 0) is 22.4 Å². The van der Waals surface area contributed by atoms with E-state index < -0.39 is 24.0 Å². The van der Waals surface area contributed by atoms with Crippen molar-refractivity contribution in [2.24, 2.45) is 0 Å². The number of carbonyl (C=O) groups is 2. The van der Waals surface area contributed by atoms with Crippen molar-refractivity contribution in [2.75, 3.05) is 0 Å².